The molecule has 0 saturated carbocycles. The van der Waals surface area contributed by atoms with E-state index in [4.69, 9.17) is 11.6 Å². The van der Waals surface area contributed by atoms with E-state index in [1.165, 1.54) is 64.2 Å². The Kier molecular flexibility index (Phi) is 14.3. The molecule has 0 aromatic heterocycles. The van der Waals surface area contributed by atoms with Gasteiger partial charge in [-0.2, -0.15) is 0 Å². The van der Waals surface area contributed by atoms with E-state index in [2.05, 4.69) is 13.8 Å². The summed E-state index contributed by atoms with van der Waals surface area (Å²) >= 11 is 5.70. The minimum atomic E-state index is -0.109. The number of hydrogen-bond donors (Lipinski definition) is 0. The Balaban J connectivity index is 3.51. The maximum absolute atomic E-state index is 11.4. The summed E-state index contributed by atoms with van der Waals surface area (Å²) < 4.78 is 0. The Labute approximate surface area is 125 Å². The summed E-state index contributed by atoms with van der Waals surface area (Å²) in [5, 5.41) is -0.109. The second-order valence-electron chi connectivity index (χ2n) is 5.76. The number of halogens is 1. The lowest BCUT2D eigenvalue weighted by Gasteiger charge is -2.12. The third-order valence-corrected chi connectivity index (χ3v) is 4.19. The molecule has 0 aliphatic heterocycles. The van der Waals surface area contributed by atoms with Crippen LogP contribution >= 0.6 is 11.6 Å². The molecule has 0 aliphatic rings. The van der Waals surface area contributed by atoms with Gasteiger partial charge in [0.25, 0.3) is 0 Å². The molecule has 0 heterocycles. The van der Waals surface area contributed by atoms with Crippen molar-refractivity contribution in [3.63, 3.8) is 0 Å². The van der Waals surface area contributed by atoms with Gasteiger partial charge in [-0.05, 0) is 24.4 Å². The fourth-order valence-electron chi connectivity index (χ4n) is 2.54. The second-order valence-corrected chi connectivity index (χ2v) is 6.13. The summed E-state index contributed by atoms with van der Waals surface area (Å²) in [6.07, 6.45) is 16.1. The predicted molar refractivity (Wildman–Crippen MR) is 85.7 cm³/mol. The van der Waals surface area contributed by atoms with Crippen molar-refractivity contribution in [1.82, 2.24) is 0 Å². The fraction of sp³-hybridized carbons (Fsp3) is 0.941. The van der Waals surface area contributed by atoms with Gasteiger partial charge < -0.3 is 0 Å². The zero-order chi connectivity index (χ0) is 14.3. The molecule has 1 nitrogen and oxygen atoms in total. The van der Waals surface area contributed by atoms with Gasteiger partial charge in [-0.15, -0.1) is 0 Å². The molecule has 1 unspecified atom stereocenters. The zero-order valence-electron chi connectivity index (χ0n) is 13.1. The highest BCUT2D eigenvalue weighted by Gasteiger charge is 2.15. The van der Waals surface area contributed by atoms with Crippen molar-refractivity contribution in [3.8, 4) is 0 Å². The molecule has 1 atom stereocenters. The van der Waals surface area contributed by atoms with E-state index in [1.54, 1.807) is 0 Å². The van der Waals surface area contributed by atoms with Crippen LogP contribution in [0.1, 0.15) is 97.3 Å². The van der Waals surface area contributed by atoms with Crippen LogP contribution in [0.15, 0.2) is 0 Å². The first kappa shape index (κ1) is 19.0. The summed E-state index contributed by atoms with van der Waals surface area (Å²) in [5.74, 6) is 0.120. The van der Waals surface area contributed by atoms with E-state index < -0.39 is 0 Å². The maximum atomic E-state index is 11.4. The number of carbonyl (C=O) groups excluding carboxylic acids is 1. The predicted octanol–water partition coefficient (Wildman–Crippen LogP) is 6.48. The van der Waals surface area contributed by atoms with Crippen molar-refractivity contribution in [2.45, 2.75) is 97.3 Å². The van der Waals surface area contributed by atoms with Gasteiger partial charge in [-0.3, -0.25) is 4.79 Å². The smallest absolute Gasteiger partial charge is 0.224 e. The van der Waals surface area contributed by atoms with Crippen molar-refractivity contribution in [2.24, 2.45) is 5.92 Å². The molecular formula is C17H33ClO. The second kappa shape index (κ2) is 14.4. The molecule has 114 valence electrons. The quantitative estimate of drug-likeness (QED) is 0.264. The Bertz CT molecular complexity index is 203. The topological polar surface area (TPSA) is 17.1 Å². The number of unbranched alkanes of at least 4 members (excludes halogenated alkanes) is 9. The lowest BCUT2D eigenvalue weighted by molar-refractivity contribution is -0.115. The third-order valence-electron chi connectivity index (χ3n) is 3.88. The summed E-state index contributed by atoms with van der Waals surface area (Å²) in [7, 11) is 0. The first-order chi connectivity index (χ1) is 9.22. The van der Waals surface area contributed by atoms with Crippen molar-refractivity contribution in [3.05, 3.63) is 0 Å². The van der Waals surface area contributed by atoms with Crippen LogP contribution in [0.5, 0.6) is 0 Å². The summed E-state index contributed by atoms with van der Waals surface area (Å²) in [6.45, 7) is 4.46. The van der Waals surface area contributed by atoms with Gasteiger partial charge in [0, 0.05) is 5.92 Å². The van der Waals surface area contributed by atoms with Crippen molar-refractivity contribution >= 4 is 16.8 Å². The molecule has 0 fully saturated rings. The van der Waals surface area contributed by atoms with Crippen molar-refractivity contribution in [1.29, 1.82) is 0 Å². The van der Waals surface area contributed by atoms with Gasteiger partial charge >= 0.3 is 0 Å². The minimum absolute atomic E-state index is 0.109. The van der Waals surface area contributed by atoms with Gasteiger partial charge in [0.05, 0.1) is 0 Å². The SMILES string of the molecule is CCCCCCCCCC(CCCCCC)C(=O)Cl. The van der Waals surface area contributed by atoms with Crippen LogP contribution in [0.3, 0.4) is 0 Å². The molecule has 0 saturated heterocycles. The minimum Gasteiger partial charge on any atom is -0.281 e. The van der Waals surface area contributed by atoms with Crippen LogP contribution in [0.2, 0.25) is 0 Å². The lowest BCUT2D eigenvalue weighted by atomic mass is 9.95. The lowest BCUT2D eigenvalue weighted by Crippen LogP contribution is -2.08. The molecule has 2 heteroatoms. The molecule has 0 radical (unpaired) electrons. The van der Waals surface area contributed by atoms with Gasteiger partial charge in [0.15, 0.2) is 0 Å². The van der Waals surface area contributed by atoms with Gasteiger partial charge in [0.2, 0.25) is 5.24 Å². The Hall–Kier alpha value is -0.0400. The molecule has 19 heavy (non-hydrogen) atoms. The molecule has 0 N–H and O–H groups in total. The summed E-state index contributed by atoms with van der Waals surface area (Å²) in [5.41, 5.74) is 0. The monoisotopic (exact) mass is 288 g/mol. The van der Waals surface area contributed by atoms with E-state index in [9.17, 15) is 4.79 Å². The van der Waals surface area contributed by atoms with Crippen molar-refractivity contribution < 1.29 is 4.79 Å². The number of hydrogen-bond acceptors (Lipinski definition) is 1. The number of carbonyl (C=O) groups is 1. The molecule has 0 aromatic carbocycles. The largest absolute Gasteiger partial charge is 0.281 e. The Morgan fingerprint density at radius 3 is 1.53 bits per heavy atom. The maximum Gasteiger partial charge on any atom is 0.224 e. The summed E-state index contributed by atoms with van der Waals surface area (Å²) in [6, 6.07) is 0. The average molecular weight is 289 g/mol. The molecule has 0 spiro atoms. The highest BCUT2D eigenvalue weighted by atomic mass is 35.5. The van der Waals surface area contributed by atoms with Gasteiger partial charge in [0.1, 0.15) is 0 Å². The van der Waals surface area contributed by atoms with E-state index in [-0.39, 0.29) is 11.2 Å². The van der Waals surface area contributed by atoms with Crippen LogP contribution in [0.25, 0.3) is 0 Å². The summed E-state index contributed by atoms with van der Waals surface area (Å²) in [4.78, 5) is 11.4. The molecule has 0 rings (SSSR count). The van der Waals surface area contributed by atoms with Crippen LogP contribution in [-0.2, 0) is 4.79 Å². The highest BCUT2D eigenvalue weighted by molar-refractivity contribution is 6.63. The van der Waals surface area contributed by atoms with Gasteiger partial charge in [-0.1, -0.05) is 84.5 Å². The Morgan fingerprint density at radius 1 is 0.737 bits per heavy atom. The molecule has 0 bridgehead atoms. The van der Waals surface area contributed by atoms with E-state index >= 15 is 0 Å². The van der Waals surface area contributed by atoms with Crippen LogP contribution in [0.4, 0.5) is 0 Å². The van der Waals surface area contributed by atoms with Crippen LogP contribution in [-0.4, -0.2) is 5.24 Å². The van der Waals surface area contributed by atoms with Gasteiger partial charge in [-0.25, -0.2) is 0 Å². The van der Waals surface area contributed by atoms with E-state index in [0.717, 1.165) is 19.3 Å². The fourth-order valence-corrected chi connectivity index (χ4v) is 2.75. The van der Waals surface area contributed by atoms with E-state index in [0.29, 0.717) is 0 Å². The van der Waals surface area contributed by atoms with E-state index in [1.807, 2.05) is 0 Å². The first-order valence-corrected chi connectivity index (χ1v) is 8.79. The molecule has 0 aliphatic carbocycles. The third kappa shape index (κ3) is 12.7. The van der Waals surface area contributed by atoms with Crippen LogP contribution < -0.4 is 0 Å². The number of rotatable bonds is 14. The standard InChI is InChI=1S/C17H33ClO/c1-3-5-7-9-10-11-13-15-16(17(18)19)14-12-8-6-4-2/h16H,3-15H2,1-2H3. The zero-order valence-corrected chi connectivity index (χ0v) is 13.8. The average Bonchev–Trinajstić information content (AvgIpc) is 2.39. The normalized spacial score (nSPS) is 12.6. The van der Waals surface area contributed by atoms with Crippen LogP contribution in [0, 0.1) is 5.92 Å². The molecular weight excluding hydrogens is 256 g/mol. The van der Waals surface area contributed by atoms with Crippen molar-refractivity contribution in [2.75, 3.05) is 0 Å². The highest BCUT2D eigenvalue weighted by Crippen LogP contribution is 2.21. The molecule has 0 aromatic rings. The Morgan fingerprint density at radius 2 is 1.11 bits per heavy atom. The first-order valence-electron chi connectivity index (χ1n) is 8.41. The molecule has 0 amide bonds.